The number of hydrogen-bond donors (Lipinski definition) is 2. The molecule has 0 spiro atoms. The minimum atomic E-state index is 0.916. The van der Waals surface area contributed by atoms with Gasteiger partial charge in [0.1, 0.15) is 0 Å². The van der Waals surface area contributed by atoms with E-state index in [0.29, 0.717) is 0 Å². The van der Waals surface area contributed by atoms with Crippen LogP contribution in [0, 0.1) is 6.92 Å². The Morgan fingerprint density at radius 1 is 0.815 bits per heavy atom. The number of para-hydroxylation sites is 2. The number of benzene rings is 3. The summed E-state index contributed by atoms with van der Waals surface area (Å²) in [6.45, 7) is 3.15. The predicted octanol–water partition coefficient (Wildman–Crippen LogP) is 5.84. The van der Waals surface area contributed by atoms with Crippen molar-refractivity contribution >= 4 is 49.7 Å². The molecule has 2 aromatic heterocycles. The summed E-state index contributed by atoms with van der Waals surface area (Å²) in [5.41, 5.74) is 7.41. The third-order valence-corrected chi connectivity index (χ3v) is 5.46. The number of aromatic nitrogens is 2. The van der Waals surface area contributed by atoms with E-state index in [9.17, 15) is 0 Å². The zero-order chi connectivity index (χ0) is 18.5. The van der Waals surface area contributed by atoms with E-state index in [4.69, 9.17) is 0 Å². The highest BCUT2D eigenvalue weighted by Gasteiger charge is 2.18. The maximum absolute atomic E-state index is 3.69. The molecule has 134 valence electrons. The van der Waals surface area contributed by atoms with Gasteiger partial charge in [-0.1, -0.05) is 48.6 Å². The Bertz CT molecular complexity index is 1330. The third-order valence-electron chi connectivity index (χ3n) is 5.46. The molecule has 5 aromatic rings. The van der Waals surface area contributed by atoms with Crippen molar-refractivity contribution in [1.29, 1.82) is 0 Å². The first-order valence-electron chi connectivity index (χ1n) is 9.40. The molecular weight excluding hydrogens is 330 g/mol. The zero-order valence-electron chi connectivity index (χ0n) is 15.9. The zero-order valence-corrected chi connectivity index (χ0v) is 15.9. The smallest absolute Gasteiger partial charge is 0.0548 e. The fourth-order valence-corrected chi connectivity index (χ4v) is 4.23. The Kier molecular flexibility index (Phi) is 3.59. The summed E-state index contributed by atoms with van der Waals surface area (Å²) >= 11 is 0. The van der Waals surface area contributed by atoms with Crippen LogP contribution in [0.3, 0.4) is 0 Å². The van der Waals surface area contributed by atoms with Gasteiger partial charge in [-0.2, -0.15) is 0 Å². The second-order valence-electron chi connectivity index (χ2n) is 7.54. The molecule has 0 saturated carbocycles. The number of fused-ring (bicyclic) bond motifs is 6. The van der Waals surface area contributed by atoms with Crippen LogP contribution in [0.4, 0.5) is 0 Å². The Balaban J connectivity index is 1.98. The normalized spacial score (nSPS) is 12.6. The molecule has 2 N–H and O–H groups in total. The molecule has 27 heavy (non-hydrogen) atoms. The summed E-state index contributed by atoms with van der Waals surface area (Å²) in [7, 11) is 4.19. The predicted molar refractivity (Wildman–Crippen MR) is 117 cm³/mol. The Morgan fingerprint density at radius 2 is 1.41 bits per heavy atom. The van der Waals surface area contributed by atoms with Gasteiger partial charge in [0.05, 0.1) is 11.0 Å². The third kappa shape index (κ3) is 2.39. The molecule has 0 bridgehead atoms. The van der Waals surface area contributed by atoms with Crippen LogP contribution in [0.5, 0.6) is 0 Å². The minimum absolute atomic E-state index is 0.916. The van der Waals surface area contributed by atoms with E-state index in [0.717, 1.165) is 6.54 Å². The van der Waals surface area contributed by atoms with Crippen molar-refractivity contribution in [3.05, 3.63) is 65.7 Å². The standard InChI is InChI=1S/C24H23N3/c1-15-21-16-9-4-6-12-19(16)26-24(21)18(11-8-14-27(2)3)22-17-10-5-7-13-20(17)25-23(15)22/h4-13,25-26H,14H2,1-3H3/b11-8+. The van der Waals surface area contributed by atoms with Gasteiger partial charge in [0, 0.05) is 44.7 Å². The molecule has 0 aliphatic rings. The van der Waals surface area contributed by atoms with Crippen LogP contribution in [-0.4, -0.2) is 35.5 Å². The highest BCUT2D eigenvalue weighted by atomic mass is 15.0. The molecule has 0 saturated heterocycles. The van der Waals surface area contributed by atoms with Gasteiger partial charge in [-0.3, -0.25) is 0 Å². The maximum Gasteiger partial charge on any atom is 0.0548 e. The lowest BCUT2D eigenvalue weighted by atomic mass is 9.97. The number of likely N-dealkylation sites (N-methyl/N-ethyl adjacent to an activating group) is 1. The molecule has 0 atom stereocenters. The van der Waals surface area contributed by atoms with Gasteiger partial charge in [-0.15, -0.1) is 0 Å². The van der Waals surface area contributed by atoms with E-state index in [-0.39, 0.29) is 0 Å². The first kappa shape index (κ1) is 16.2. The second-order valence-corrected chi connectivity index (χ2v) is 7.54. The van der Waals surface area contributed by atoms with Crippen molar-refractivity contribution in [2.24, 2.45) is 0 Å². The summed E-state index contributed by atoms with van der Waals surface area (Å²) in [5, 5.41) is 5.18. The summed E-state index contributed by atoms with van der Waals surface area (Å²) in [5.74, 6) is 0. The van der Waals surface area contributed by atoms with Crippen LogP contribution in [0.1, 0.15) is 11.1 Å². The summed E-state index contributed by atoms with van der Waals surface area (Å²) in [6, 6.07) is 17.2. The molecule has 0 radical (unpaired) electrons. The summed E-state index contributed by atoms with van der Waals surface area (Å²) < 4.78 is 0. The van der Waals surface area contributed by atoms with Crippen molar-refractivity contribution in [3.8, 4) is 0 Å². The summed E-state index contributed by atoms with van der Waals surface area (Å²) in [6.07, 6.45) is 4.52. The van der Waals surface area contributed by atoms with Crippen LogP contribution in [-0.2, 0) is 0 Å². The highest BCUT2D eigenvalue weighted by Crippen LogP contribution is 2.40. The number of aryl methyl sites for hydroxylation is 1. The molecule has 3 nitrogen and oxygen atoms in total. The molecule has 2 heterocycles. The molecule has 5 rings (SSSR count). The molecule has 0 aliphatic carbocycles. The van der Waals surface area contributed by atoms with E-state index >= 15 is 0 Å². The quantitative estimate of drug-likeness (QED) is 0.420. The molecule has 0 amide bonds. The molecular formula is C24H23N3. The van der Waals surface area contributed by atoms with Crippen molar-refractivity contribution < 1.29 is 0 Å². The monoisotopic (exact) mass is 353 g/mol. The van der Waals surface area contributed by atoms with Crippen molar-refractivity contribution in [3.63, 3.8) is 0 Å². The van der Waals surface area contributed by atoms with E-state index in [2.05, 4.69) is 96.6 Å². The van der Waals surface area contributed by atoms with Crippen LogP contribution in [0.25, 0.3) is 49.7 Å². The van der Waals surface area contributed by atoms with E-state index < -0.39 is 0 Å². The van der Waals surface area contributed by atoms with Gasteiger partial charge in [-0.05, 0) is 38.7 Å². The van der Waals surface area contributed by atoms with Crippen LogP contribution in [0.15, 0.2) is 54.6 Å². The number of H-pyrrole nitrogens is 2. The molecule has 0 unspecified atom stereocenters. The van der Waals surface area contributed by atoms with Crippen LogP contribution >= 0.6 is 0 Å². The average molecular weight is 353 g/mol. The summed E-state index contributed by atoms with van der Waals surface area (Å²) in [4.78, 5) is 9.55. The number of rotatable bonds is 3. The minimum Gasteiger partial charge on any atom is -0.354 e. The SMILES string of the molecule is Cc1c2[nH]c3ccccc3c2c(/C=C/CN(C)C)c2[nH]c3ccccc3c12. The lowest BCUT2D eigenvalue weighted by Crippen LogP contribution is -2.10. The van der Waals surface area contributed by atoms with Gasteiger partial charge in [-0.25, -0.2) is 0 Å². The van der Waals surface area contributed by atoms with Gasteiger partial charge >= 0.3 is 0 Å². The Morgan fingerprint density at radius 3 is 2.07 bits per heavy atom. The molecule has 0 fully saturated rings. The number of nitrogens with zero attached hydrogens (tertiary/aromatic N) is 1. The first-order valence-corrected chi connectivity index (χ1v) is 9.40. The van der Waals surface area contributed by atoms with E-state index in [1.807, 2.05) is 0 Å². The van der Waals surface area contributed by atoms with E-state index in [1.54, 1.807) is 0 Å². The fourth-order valence-electron chi connectivity index (χ4n) is 4.23. The number of nitrogens with one attached hydrogen (secondary N) is 2. The van der Waals surface area contributed by atoms with Crippen LogP contribution in [0.2, 0.25) is 0 Å². The Labute approximate surface area is 158 Å². The van der Waals surface area contributed by atoms with Crippen molar-refractivity contribution in [1.82, 2.24) is 14.9 Å². The molecule has 3 aromatic carbocycles. The van der Waals surface area contributed by atoms with E-state index in [1.165, 1.54) is 54.7 Å². The fraction of sp³-hybridized carbons (Fsp3) is 0.167. The molecule has 0 aliphatic heterocycles. The van der Waals surface area contributed by atoms with Crippen molar-refractivity contribution in [2.75, 3.05) is 20.6 Å². The Hall–Kier alpha value is -3.04. The lowest BCUT2D eigenvalue weighted by molar-refractivity contribution is 0.457. The largest absolute Gasteiger partial charge is 0.354 e. The topological polar surface area (TPSA) is 34.8 Å². The lowest BCUT2D eigenvalue weighted by Gasteiger charge is -2.08. The second kappa shape index (κ2) is 6.00. The number of aromatic amines is 2. The molecule has 3 heteroatoms. The van der Waals surface area contributed by atoms with Gasteiger partial charge in [0.25, 0.3) is 0 Å². The average Bonchev–Trinajstić information content (AvgIpc) is 3.23. The van der Waals surface area contributed by atoms with Crippen molar-refractivity contribution in [2.45, 2.75) is 6.92 Å². The number of hydrogen-bond acceptors (Lipinski definition) is 1. The maximum atomic E-state index is 3.69. The van der Waals surface area contributed by atoms with Gasteiger partial charge in [0.15, 0.2) is 0 Å². The van der Waals surface area contributed by atoms with Crippen LogP contribution < -0.4 is 0 Å². The first-order chi connectivity index (χ1) is 13.1. The van der Waals surface area contributed by atoms with Gasteiger partial charge in [0.2, 0.25) is 0 Å². The van der Waals surface area contributed by atoms with Gasteiger partial charge < -0.3 is 14.9 Å². The highest BCUT2D eigenvalue weighted by molar-refractivity contribution is 6.23.